The van der Waals surface area contributed by atoms with Gasteiger partial charge < -0.3 is 14.7 Å². The summed E-state index contributed by atoms with van der Waals surface area (Å²) in [6, 6.07) is 6.17. The number of hydrogen-bond donors (Lipinski definition) is 2. The number of benzene rings is 1. The van der Waals surface area contributed by atoms with Crippen molar-refractivity contribution in [2.45, 2.75) is 24.7 Å². The fraction of sp³-hybridized carbons (Fsp3) is 0.450. The van der Waals surface area contributed by atoms with Gasteiger partial charge in [-0.15, -0.1) is 0 Å². The lowest BCUT2D eigenvalue weighted by atomic mass is 10.2. The number of nitrogens with one attached hydrogen (secondary N) is 2. The second-order valence-electron chi connectivity index (χ2n) is 7.48. The molecule has 0 bridgehead atoms. The molecule has 0 spiro atoms. The summed E-state index contributed by atoms with van der Waals surface area (Å²) in [7, 11) is -3.74. The largest absolute Gasteiger partial charge is 0.360 e. The van der Waals surface area contributed by atoms with Crippen molar-refractivity contribution >= 4 is 27.7 Å². The molecule has 2 amide bonds. The molecule has 1 aliphatic heterocycles. The van der Waals surface area contributed by atoms with Crippen LogP contribution >= 0.6 is 0 Å². The van der Waals surface area contributed by atoms with Crippen LogP contribution in [0.5, 0.6) is 0 Å². The van der Waals surface area contributed by atoms with E-state index in [0.29, 0.717) is 44.2 Å². The molecule has 2 N–H and O–H groups in total. The van der Waals surface area contributed by atoms with Gasteiger partial charge in [0, 0.05) is 45.2 Å². The number of carbonyl (C=O) groups is 2. The van der Waals surface area contributed by atoms with Crippen molar-refractivity contribution in [1.29, 1.82) is 0 Å². The van der Waals surface area contributed by atoms with Gasteiger partial charge in [0.15, 0.2) is 5.82 Å². The fourth-order valence-corrected chi connectivity index (χ4v) is 4.34. The highest BCUT2D eigenvalue weighted by Gasteiger charge is 2.22. The van der Waals surface area contributed by atoms with Gasteiger partial charge in [0.1, 0.15) is 11.6 Å². The zero-order valence-electron chi connectivity index (χ0n) is 17.7. The summed E-state index contributed by atoms with van der Waals surface area (Å²) in [6.45, 7) is 4.15. The molecule has 0 atom stereocenters. The Morgan fingerprint density at radius 2 is 1.84 bits per heavy atom. The lowest BCUT2D eigenvalue weighted by molar-refractivity contribution is -0.133. The van der Waals surface area contributed by atoms with E-state index in [1.807, 2.05) is 4.90 Å². The number of anilines is 1. The monoisotopic (exact) mass is 467 g/mol. The number of amides is 2. The number of halogens is 1. The van der Waals surface area contributed by atoms with Gasteiger partial charge >= 0.3 is 0 Å². The Bertz CT molecular complexity index is 1030. The number of rotatable bonds is 9. The maximum atomic E-state index is 12.9. The number of piperazine rings is 1. The first-order valence-electron chi connectivity index (χ1n) is 10.2. The predicted octanol–water partition coefficient (Wildman–Crippen LogP) is 0.964. The molecule has 2 aromatic rings. The van der Waals surface area contributed by atoms with Gasteiger partial charge in [-0.3, -0.25) is 14.5 Å². The van der Waals surface area contributed by atoms with Crippen LogP contribution < -0.4 is 10.0 Å². The molecule has 1 aromatic heterocycles. The molecule has 0 radical (unpaired) electrons. The van der Waals surface area contributed by atoms with E-state index in [2.05, 4.69) is 15.2 Å². The molecule has 2 heterocycles. The summed E-state index contributed by atoms with van der Waals surface area (Å²) in [5, 5.41) is 6.38. The molecular weight excluding hydrogens is 441 g/mol. The van der Waals surface area contributed by atoms with Gasteiger partial charge in [0.05, 0.1) is 11.4 Å². The Hall–Kier alpha value is -2.83. The minimum atomic E-state index is -3.74. The summed E-state index contributed by atoms with van der Waals surface area (Å²) in [5.41, 5.74) is 0. The van der Waals surface area contributed by atoms with E-state index in [4.69, 9.17) is 4.52 Å². The smallest absolute Gasteiger partial charge is 0.240 e. The molecule has 32 heavy (non-hydrogen) atoms. The molecular formula is C20H26FN5O5S. The molecule has 12 heteroatoms. The first-order chi connectivity index (χ1) is 15.2. The van der Waals surface area contributed by atoms with E-state index in [9.17, 15) is 22.4 Å². The second-order valence-corrected chi connectivity index (χ2v) is 9.25. The van der Waals surface area contributed by atoms with E-state index >= 15 is 0 Å². The van der Waals surface area contributed by atoms with Crippen molar-refractivity contribution in [1.82, 2.24) is 19.7 Å². The minimum Gasteiger partial charge on any atom is -0.360 e. The molecule has 174 valence electrons. The van der Waals surface area contributed by atoms with Crippen LogP contribution in [0, 0.1) is 12.7 Å². The van der Waals surface area contributed by atoms with Gasteiger partial charge in [-0.1, -0.05) is 5.16 Å². The Morgan fingerprint density at radius 3 is 2.47 bits per heavy atom. The molecule has 10 nitrogen and oxygen atoms in total. The van der Waals surface area contributed by atoms with Gasteiger partial charge in [0.2, 0.25) is 21.8 Å². The maximum Gasteiger partial charge on any atom is 0.240 e. The Balaban J connectivity index is 1.33. The summed E-state index contributed by atoms with van der Waals surface area (Å²) in [6.07, 6.45) is 0.553. The number of sulfonamides is 1. The Labute approximate surface area is 185 Å². The Kier molecular flexibility index (Phi) is 7.94. The van der Waals surface area contributed by atoms with Crippen LogP contribution in [0.25, 0.3) is 0 Å². The van der Waals surface area contributed by atoms with Crippen LogP contribution in [0.1, 0.15) is 18.6 Å². The molecule has 0 saturated carbocycles. The topological polar surface area (TPSA) is 125 Å². The highest BCUT2D eigenvalue weighted by Crippen LogP contribution is 2.11. The maximum absolute atomic E-state index is 12.9. The second kappa shape index (κ2) is 10.7. The summed E-state index contributed by atoms with van der Waals surface area (Å²) < 4.78 is 44.6. The van der Waals surface area contributed by atoms with E-state index < -0.39 is 15.8 Å². The summed E-state index contributed by atoms with van der Waals surface area (Å²) >= 11 is 0. The van der Waals surface area contributed by atoms with Crippen LogP contribution in [-0.4, -0.2) is 74.5 Å². The summed E-state index contributed by atoms with van der Waals surface area (Å²) in [4.78, 5) is 28.1. The number of aryl methyl sites for hydroxylation is 1. The van der Waals surface area contributed by atoms with Crippen molar-refractivity contribution in [3.8, 4) is 0 Å². The molecule has 3 rings (SSSR count). The highest BCUT2D eigenvalue weighted by atomic mass is 32.2. The quantitative estimate of drug-likeness (QED) is 0.527. The van der Waals surface area contributed by atoms with E-state index in [1.54, 1.807) is 17.9 Å². The first-order valence-corrected chi connectivity index (χ1v) is 11.7. The fourth-order valence-electron chi connectivity index (χ4n) is 3.27. The molecule has 0 aliphatic carbocycles. The third-order valence-electron chi connectivity index (χ3n) is 4.97. The third-order valence-corrected chi connectivity index (χ3v) is 6.45. The van der Waals surface area contributed by atoms with Crippen LogP contribution in [0.15, 0.2) is 39.8 Å². The molecule has 1 aliphatic rings. The number of aromatic nitrogens is 1. The van der Waals surface area contributed by atoms with Crippen molar-refractivity contribution in [2.24, 2.45) is 0 Å². The molecule has 0 unspecified atom stereocenters. The lowest BCUT2D eigenvalue weighted by Gasteiger charge is -2.34. The zero-order valence-corrected chi connectivity index (χ0v) is 18.5. The van der Waals surface area contributed by atoms with Crippen LogP contribution in [-0.2, 0) is 19.6 Å². The number of hydrogen-bond acceptors (Lipinski definition) is 7. The van der Waals surface area contributed by atoms with Gasteiger partial charge in [-0.05, 0) is 37.6 Å². The van der Waals surface area contributed by atoms with Gasteiger partial charge in [-0.25, -0.2) is 17.5 Å². The first kappa shape index (κ1) is 23.8. The van der Waals surface area contributed by atoms with Crippen LogP contribution in [0.3, 0.4) is 0 Å². The minimum absolute atomic E-state index is 0.0240. The molecule has 1 saturated heterocycles. The van der Waals surface area contributed by atoms with Crippen LogP contribution in [0.2, 0.25) is 0 Å². The van der Waals surface area contributed by atoms with Crippen molar-refractivity contribution in [2.75, 3.05) is 44.6 Å². The van der Waals surface area contributed by atoms with Gasteiger partial charge in [0.25, 0.3) is 0 Å². The van der Waals surface area contributed by atoms with E-state index in [0.717, 1.165) is 12.1 Å². The third kappa shape index (κ3) is 6.84. The van der Waals surface area contributed by atoms with Crippen molar-refractivity contribution in [3.63, 3.8) is 0 Å². The highest BCUT2D eigenvalue weighted by molar-refractivity contribution is 7.89. The lowest BCUT2D eigenvalue weighted by Crippen LogP contribution is -2.50. The van der Waals surface area contributed by atoms with Gasteiger partial charge in [-0.2, -0.15) is 0 Å². The Morgan fingerprint density at radius 1 is 1.16 bits per heavy atom. The number of carbonyl (C=O) groups excluding carboxylic acids is 2. The average Bonchev–Trinajstić information content (AvgIpc) is 3.16. The van der Waals surface area contributed by atoms with Crippen molar-refractivity contribution in [3.05, 3.63) is 41.9 Å². The van der Waals surface area contributed by atoms with Crippen molar-refractivity contribution < 1.29 is 26.9 Å². The normalized spacial score (nSPS) is 15.0. The predicted molar refractivity (Wildman–Crippen MR) is 114 cm³/mol. The SMILES string of the molecule is Cc1cc(NC(=O)CN2CCN(C(=O)CCCNS(=O)(=O)c3ccc(F)cc3)CC2)no1. The van der Waals surface area contributed by atoms with E-state index in [-0.39, 0.29) is 36.2 Å². The average molecular weight is 468 g/mol. The van der Waals surface area contributed by atoms with Crippen LogP contribution in [0.4, 0.5) is 10.2 Å². The standard InChI is InChI=1S/C20H26FN5O5S/c1-15-13-18(24-31-15)23-19(27)14-25-9-11-26(12-10-25)20(28)3-2-8-22-32(29,30)17-6-4-16(21)5-7-17/h4-7,13,22H,2-3,8-12,14H2,1H3,(H,23,24,27). The molecule has 1 fully saturated rings. The van der Waals surface area contributed by atoms with E-state index in [1.165, 1.54) is 12.1 Å². The molecule has 1 aromatic carbocycles. The summed E-state index contributed by atoms with van der Waals surface area (Å²) in [5.74, 6) is 0.201. The number of nitrogens with zero attached hydrogens (tertiary/aromatic N) is 3. The zero-order chi connectivity index (χ0) is 23.1.